The van der Waals surface area contributed by atoms with Crippen LogP contribution in [0, 0.1) is 0 Å². The minimum absolute atomic E-state index is 0.0799. The van der Waals surface area contributed by atoms with Crippen LogP contribution < -0.4 is 5.32 Å². The molecule has 2 rings (SSSR count). The minimum Gasteiger partial charge on any atom is -0.478 e. The van der Waals surface area contributed by atoms with Crippen LogP contribution in [0.1, 0.15) is 20.7 Å². The van der Waals surface area contributed by atoms with Gasteiger partial charge in [-0.05, 0) is 33.4 Å². The topological polar surface area (TPSA) is 79.3 Å². The molecule has 0 radical (unpaired) electrons. The Balaban J connectivity index is 2.21. The lowest BCUT2D eigenvalue weighted by Gasteiger charge is -2.04. The first-order chi connectivity index (χ1) is 8.58. The molecule has 2 N–H and O–H groups in total. The molecule has 0 aliphatic carbocycles. The molecule has 18 heavy (non-hydrogen) atoms. The van der Waals surface area contributed by atoms with Crippen LogP contribution in [0.25, 0.3) is 0 Å². The summed E-state index contributed by atoms with van der Waals surface area (Å²) in [6, 6.07) is 3.05. The van der Waals surface area contributed by atoms with E-state index in [1.807, 2.05) is 0 Å². The molecule has 0 bridgehead atoms. The molecule has 7 heteroatoms. The molecule has 0 fully saturated rings. The van der Waals surface area contributed by atoms with E-state index < -0.39 is 11.9 Å². The number of pyridine rings is 1. The van der Waals surface area contributed by atoms with Gasteiger partial charge in [-0.3, -0.25) is 9.78 Å². The third-order valence-electron chi connectivity index (χ3n) is 2.09. The highest BCUT2D eigenvalue weighted by Crippen LogP contribution is 2.24. The van der Waals surface area contributed by atoms with Crippen molar-refractivity contribution >= 4 is 44.1 Å². The van der Waals surface area contributed by atoms with E-state index in [-0.39, 0.29) is 5.56 Å². The molecule has 2 heterocycles. The Bertz CT molecular complexity index is 612. The van der Waals surface area contributed by atoms with E-state index in [0.717, 1.165) is 11.3 Å². The summed E-state index contributed by atoms with van der Waals surface area (Å²) in [6.07, 6.45) is 2.97. The van der Waals surface area contributed by atoms with Gasteiger partial charge >= 0.3 is 5.97 Å². The van der Waals surface area contributed by atoms with Crippen molar-refractivity contribution < 1.29 is 14.7 Å². The zero-order valence-electron chi connectivity index (χ0n) is 8.88. The van der Waals surface area contributed by atoms with Gasteiger partial charge in [0, 0.05) is 16.9 Å². The Morgan fingerprint density at radius 3 is 2.83 bits per heavy atom. The molecular formula is C11H7BrN2O3S. The van der Waals surface area contributed by atoms with Crippen molar-refractivity contribution in [1.29, 1.82) is 0 Å². The Labute approximate surface area is 115 Å². The van der Waals surface area contributed by atoms with Crippen molar-refractivity contribution in [1.82, 2.24) is 4.98 Å². The number of thiophene rings is 1. The summed E-state index contributed by atoms with van der Waals surface area (Å²) < 4.78 is 0.680. The van der Waals surface area contributed by atoms with E-state index in [0.29, 0.717) is 15.0 Å². The fourth-order valence-electron chi connectivity index (χ4n) is 1.29. The average Bonchev–Trinajstić information content (AvgIpc) is 2.77. The lowest BCUT2D eigenvalue weighted by molar-refractivity contribution is 0.0698. The monoisotopic (exact) mass is 326 g/mol. The zero-order chi connectivity index (χ0) is 13.1. The molecule has 0 aliphatic rings. The number of hydrogen-bond acceptors (Lipinski definition) is 4. The molecule has 0 saturated heterocycles. The summed E-state index contributed by atoms with van der Waals surface area (Å²) in [5.41, 5.74) is 0.436. The van der Waals surface area contributed by atoms with E-state index in [4.69, 9.17) is 5.11 Å². The second kappa shape index (κ2) is 5.28. The van der Waals surface area contributed by atoms with Crippen molar-refractivity contribution in [3.05, 3.63) is 45.5 Å². The van der Waals surface area contributed by atoms with Crippen molar-refractivity contribution in [3.8, 4) is 0 Å². The fraction of sp³-hybridized carbons (Fsp3) is 0. The Morgan fingerprint density at radius 2 is 2.17 bits per heavy atom. The molecule has 0 saturated carbocycles. The number of carboxylic acids is 1. The van der Waals surface area contributed by atoms with Crippen LogP contribution >= 0.6 is 27.3 Å². The molecule has 1 amide bonds. The summed E-state index contributed by atoms with van der Waals surface area (Å²) in [4.78, 5) is 26.6. The molecule has 2 aromatic heterocycles. The number of halogens is 1. The molecule has 2 aromatic rings. The van der Waals surface area contributed by atoms with Crippen molar-refractivity contribution in [2.24, 2.45) is 0 Å². The van der Waals surface area contributed by atoms with E-state index in [1.165, 1.54) is 12.3 Å². The summed E-state index contributed by atoms with van der Waals surface area (Å²) in [5, 5.41) is 13.4. The Morgan fingerprint density at radius 1 is 1.39 bits per heavy atom. The number of carbonyl (C=O) groups is 2. The molecular weight excluding hydrogens is 320 g/mol. The first-order valence-corrected chi connectivity index (χ1v) is 6.48. The van der Waals surface area contributed by atoms with Gasteiger partial charge in [0.15, 0.2) is 0 Å². The smallest absolute Gasteiger partial charge is 0.338 e. The summed E-state index contributed by atoms with van der Waals surface area (Å²) in [5.74, 6) is -1.47. The number of anilines is 1. The van der Waals surface area contributed by atoms with Crippen LogP contribution in [0.4, 0.5) is 5.00 Å². The van der Waals surface area contributed by atoms with E-state index >= 15 is 0 Å². The van der Waals surface area contributed by atoms with E-state index in [2.05, 4.69) is 26.2 Å². The highest BCUT2D eigenvalue weighted by Gasteiger charge is 2.15. The van der Waals surface area contributed by atoms with Gasteiger partial charge in [0.25, 0.3) is 5.91 Å². The van der Waals surface area contributed by atoms with Gasteiger partial charge in [-0.1, -0.05) is 0 Å². The maximum Gasteiger partial charge on any atom is 0.338 e. The van der Waals surface area contributed by atoms with Crippen LogP contribution in [0.5, 0.6) is 0 Å². The van der Waals surface area contributed by atoms with E-state index in [1.54, 1.807) is 17.6 Å². The number of rotatable bonds is 3. The van der Waals surface area contributed by atoms with Crippen molar-refractivity contribution in [2.45, 2.75) is 0 Å². The normalized spacial score (nSPS) is 10.1. The van der Waals surface area contributed by atoms with Crippen molar-refractivity contribution in [2.75, 3.05) is 5.32 Å². The standard InChI is InChI=1S/C11H7BrN2O3S/c12-7-3-6(4-13-5-7)9(15)14-10-8(11(16)17)1-2-18-10/h1-5H,(H,14,15)(H,16,17). The second-order valence-corrected chi connectivity index (χ2v) is 5.15. The lowest BCUT2D eigenvalue weighted by Crippen LogP contribution is -2.13. The second-order valence-electron chi connectivity index (χ2n) is 3.31. The number of aromatic carboxylic acids is 1. The van der Waals surface area contributed by atoms with Crippen LogP contribution in [0.3, 0.4) is 0 Å². The first kappa shape index (κ1) is 12.7. The number of amides is 1. The number of carbonyl (C=O) groups excluding carboxylic acids is 1. The van der Waals surface area contributed by atoms with Crippen LogP contribution in [0.15, 0.2) is 34.4 Å². The highest BCUT2D eigenvalue weighted by molar-refractivity contribution is 9.10. The SMILES string of the molecule is O=C(Nc1sccc1C(=O)O)c1cncc(Br)c1. The number of aromatic nitrogens is 1. The molecule has 0 aromatic carbocycles. The molecule has 0 spiro atoms. The predicted octanol–water partition coefficient (Wildman–Crippen LogP) is 2.86. The molecule has 0 atom stereocenters. The molecule has 92 valence electrons. The van der Waals surface area contributed by atoms with Gasteiger partial charge in [0.2, 0.25) is 0 Å². The minimum atomic E-state index is -1.07. The molecule has 0 unspecified atom stereocenters. The fourth-order valence-corrected chi connectivity index (χ4v) is 2.42. The van der Waals surface area contributed by atoms with Gasteiger partial charge in [-0.25, -0.2) is 4.79 Å². The number of carboxylic acid groups (broad SMARTS) is 1. The van der Waals surface area contributed by atoms with Gasteiger partial charge < -0.3 is 10.4 Å². The summed E-state index contributed by atoms with van der Waals surface area (Å²) in [7, 11) is 0. The maximum atomic E-state index is 11.9. The highest BCUT2D eigenvalue weighted by atomic mass is 79.9. The maximum absolute atomic E-state index is 11.9. The number of nitrogens with zero attached hydrogens (tertiary/aromatic N) is 1. The Hall–Kier alpha value is -1.73. The third-order valence-corrected chi connectivity index (χ3v) is 3.35. The number of nitrogens with one attached hydrogen (secondary N) is 1. The van der Waals surface area contributed by atoms with Crippen LogP contribution in [0.2, 0.25) is 0 Å². The van der Waals surface area contributed by atoms with Crippen LogP contribution in [-0.4, -0.2) is 22.0 Å². The van der Waals surface area contributed by atoms with Gasteiger partial charge in [-0.15, -0.1) is 11.3 Å². The predicted molar refractivity (Wildman–Crippen MR) is 71.2 cm³/mol. The van der Waals surface area contributed by atoms with Crippen LogP contribution in [-0.2, 0) is 0 Å². The quantitative estimate of drug-likeness (QED) is 0.908. The third kappa shape index (κ3) is 2.74. The largest absolute Gasteiger partial charge is 0.478 e. The zero-order valence-corrected chi connectivity index (χ0v) is 11.3. The first-order valence-electron chi connectivity index (χ1n) is 4.80. The number of hydrogen-bond donors (Lipinski definition) is 2. The van der Waals surface area contributed by atoms with Gasteiger partial charge in [0.1, 0.15) is 5.00 Å². The molecule has 5 nitrogen and oxygen atoms in total. The average molecular weight is 327 g/mol. The lowest BCUT2D eigenvalue weighted by atomic mass is 10.2. The molecule has 0 aliphatic heterocycles. The Kier molecular flexibility index (Phi) is 3.73. The summed E-state index contributed by atoms with van der Waals surface area (Å²) in [6.45, 7) is 0. The van der Waals surface area contributed by atoms with E-state index in [9.17, 15) is 9.59 Å². The van der Waals surface area contributed by atoms with Gasteiger partial charge in [-0.2, -0.15) is 0 Å². The van der Waals surface area contributed by atoms with Gasteiger partial charge in [0.05, 0.1) is 11.1 Å². The van der Waals surface area contributed by atoms with Crippen molar-refractivity contribution in [3.63, 3.8) is 0 Å². The summed E-state index contributed by atoms with van der Waals surface area (Å²) >= 11 is 4.37.